The highest BCUT2D eigenvalue weighted by Crippen LogP contribution is 2.63. The fraction of sp³-hybridized carbons (Fsp3) is 0.500. The molecule has 1 aromatic heterocycles. The fourth-order valence-electron chi connectivity index (χ4n) is 5.03. The lowest BCUT2D eigenvalue weighted by molar-refractivity contribution is 0.307. The van der Waals surface area contributed by atoms with Crippen molar-refractivity contribution in [3.8, 4) is 5.75 Å². The molecule has 2 fully saturated rings. The van der Waals surface area contributed by atoms with Crippen LogP contribution in [0.4, 0.5) is 0 Å². The maximum Gasteiger partial charge on any atom is 0.305 e. The highest BCUT2D eigenvalue weighted by atomic mass is 32.2. The number of hydrogen-bond donors (Lipinski definition) is 1. The van der Waals surface area contributed by atoms with Crippen molar-refractivity contribution >= 4 is 23.1 Å². The average molecular weight is 345 g/mol. The monoisotopic (exact) mass is 345 g/mol. The number of ether oxygens (including phenoxy) is 1. The van der Waals surface area contributed by atoms with E-state index >= 15 is 0 Å². The minimum absolute atomic E-state index is 0.0910. The zero-order valence-electron chi connectivity index (χ0n) is 13.0. The minimum atomic E-state index is 0.0910. The van der Waals surface area contributed by atoms with Crippen molar-refractivity contribution in [3.63, 3.8) is 0 Å². The summed E-state index contributed by atoms with van der Waals surface area (Å²) in [5.41, 5.74) is 1.34. The molecule has 23 heavy (non-hydrogen) atoms. The molecule has 0 spiro atoms. The zero-order chi connectivity index (χ0) is 15.6. The number of nitrogens with one attached hydrogen (secondary N) is 1. The molecule has 0 radical (unpaired) electrons. The number of methoxy groups -OCH3 is 1. The van der Waals surface area contributed by atoms with Gasteiger partial charge in [0, 0.05) is 16.0 Å². The van der Waals surface area contributed by atoms with Crippen LogP contribution in [0.25, 0.3) is 0 Å². The molecule has 5 heteroatoms. The van der Waals surface area contributed by atoms with E-state index in [9.17, 15) is 4.79 Å². The van der Waals surface area contributed by atoms with Crippen LogP contribution in [0, 0.1) is 17.8 Å². The summed E-state index contributed by atoms with van der Waals surface area (Å²) < 4.78 is 5.31. The molecule has 1 aromatic carbocycles. The lowest BCUT2D eigenvalue weighted by atomic mass is 9.75. The molecule has 2 heterocycles. The van der Waals surface area contributed by atoms with Crippen molar-refractivity contribution in [1.82, 2.24) is 4.98 Å². The van der Waals surface area contributed by atoms with Crippen molar-refractivity contribution in [3.05, 3.63) is 44.4 Å². The second kappa shape index (κ2) is 5.15. The molecule has 2 aromatic rings. The molecule has 0 amide bonds. The van der Waals surface area contributed by atoms with E-state index in [4.69, 9.17) is 4.74 Å². The Morgan fingerprint density at radius 1 is 1.17 bits per heavy atom. The van der Waals surface area contributed by atoms with Crippen LogP contribution in [0.1, 0.15) is 35.6 Å². The Labute approximate surface area is 143 Å². The third-order valence-electron chi connectivity index (χ3n) is 5.94. The molecule has 3 nitrogen and oxygen atoms in total. The number of rotatable bonds is 2. The van der Waals surface area contributed by atoms with E-state index in [1.54, 1.807) is 7.11 Å². The van der Waals surface area contributed by atoms with Crippen molar-refractivity contribution in [2.45, 2.75) is 35.5 Å². The normalized spacial score (nSPS) is 34.2. The molecule has 0 unspecified atom stereocenters. The number of thioether (sulfide) groups is 1. The van der Waals surface area contributed by atoms with Gasteiger partial charge in [0.15, 0.2) is 0 Å². The predicted molar refractivity (Wildman–Crippen MR) is 93.7 cm³/mol. The van der Waals surface area contributed by atoms with Crippen molar-refractivity contribution in [2.24, 2.45) is 17.8 Å². The number of aromatic nitrogens is 1. The average Bonchev–Trinajstić information content (AvgIpc) is 3.26. The highest BCUT2D eigenvalue weighted by molar-refractivity contribution is 8.00. The maximum absolute atomic E-state index is 12.0. The van der Waals surface area contributed by atoms with Crippen molar-refractivity contribution < 1.29 is 4.74 Å². The Kier molecular flexibility index (Phi) is 3.17. The first-order chi connectivity index (χ1) is 11.2. The van der Waals surface area contributed by atoms with Crippen molar-refractivity contribution in [1.29, 1.82) is 0 Å². The molecule has 5 atom stereocenters. The predicted octanol–water partition coefficient (Wildman–Crippen LogP) is 4.10. The van der Waals surface area contributed by atoms with Crippen LogP contribution >= 0.6 is 23.1 Å². The smallest absolute Gasteiger partial charge is 0.305 e. The number of benzene rings is 1. The molecular weight excluding hydrogens is 326 g/mol. The molecular formula is C18H19NO2S2. The molecule has 1 aliphatic heterocycles. The summed E-state index contributed by atoms with van der Waals surface area (Å²) in [7, 11) is 1.70. The Morgan fingerprint density at radius 2 is 1.96 bits per heavy atom. The van der Waals surface area contributed by atoms with E-state index < -0.39 is 0 Å². The molecule has 3 aliphatic rings. The van der Waals surface area contributed by atoms with Gasteiger partial charge in [-0.25, -0.2) is 0 Å². The third-order valence-corrected chi connectivity index (χ3v) is 8.56. The Balaban J connectivity index is 1.64. The summed E-state index contributed by atoms with van der Waals surface area (Å²) >= 11 is 3.36. The summed E-state index contributed by atoms with van der Waals surface area (Å²) in [4.78, 5) is 16.4. The highest BCUT2D eigenvalue weighted by Gasteiger charge is 2.54. The summed E-state index contributed by atoms with van der Waals surface area (Å²) in [6.45, 7) is 0. The number of hydrogen-bond acceptors (Lipinski definition) is 4. The molecule has 0 saturated heterocycles. The molecule has 1 N–H and O–H groups in total. The lowest BCUT2D eigenvalue weighted by Crippen LogP contribution is -2.33. The van der Waals surface area contributed by atoms with E-state index in [2.05, 4.69) is 17.1 Å². The Hall–Kier alpha value is -1.20. The SMILES string of the molecule is COc1ccc([C@@H]2c3sc(=O)[nH]c3S[C@H]3[C@@H]4CC[C@@H](C4)[C@H]23)cc1. The second-order valence-corrected chi connectivity index (χ2v) is 9.15. The van der Waals surface area contributed by atoms with E-state index in [1.807, 2.05) is 23.9 Å². The summed E-state index contributed by atoms with van der Waals surface area (Å²) in [6, 6.07) is 8.48. The largest absolute Gasteiger partial charge is 0.497 e. The lowest BCUT2D eigenvalue weighted by Gasteiger charge is -2.40. The van der Waals surface area contributed by atoms with Crippen LogP contribution in [0.15, 0.2) is 34.1 Å². The number of aromatic amines is 1. The maximum atomic E-state index is 12.0. The molecule has 2 saturated carbocycles. The Morgan fingerprint density at radius 3 is 2.74 bits per heavy atom. The van der Waals surface area contributed by atoms with Crippen LogP contribution in [0.3, 0.4) is 0 Å². The zero-order valence-corrected chi connectivity index (χ0v) is 14.6. The number of H-pyrrole nitrogens is 1. The molecule has 2 aliphatic carbocycles. The van der Waals surface area contributed by atoms with Crippen LogP contribution in [0.2, 0.25) is 0 Å². The first-order valence-electron chi connectivity index (χ1n) is 8.28. The summed E-state index contributed by atoms with van der Waals surface area (Å²) in [5, 5.41) is 1.81. The second-order valence-electron chi connectivity index (χ2n) is 6.95. The summed E-state index contributed by atoms with van der Waals surface area (Å²) in [5.74, 6) is 3.63. The van der Waals surface area contributed by atoms with Gasteiger partial charge in [0.2, 0.25) is 0 Å². The van der Waals surface area contributed by atoms with Gasteiger partial charge in [-0.2, -0.15) is 0 Å². The van der Waals surface area contributed by atoms with Gasteiger partial charge in [-0.1, -0.05) is 23.5 Å². The first-order valence-corrected chi connectivity index (χ1v) is 9.98. The van der Waals surface area contributed by atoms with Gasteiger partial charge in [0.1, 0.15) is 5.75 Å². The first kappa shape index (κ1) is 14.2. The number of thiazole rings is 1. The van der Waals surface area contributed by atoms with Crippen LogP contribution < -0.4 is 9.61 Å². The standard InChI is InChI=1S/C18H19NO2S2/c1-21-12-6-4-9(5-7-12)13-14-10-2-3-11(8-10)15(14)22-17-16(13)23-18(20)19-17/h4-7,10-11,13-15H,2-3,8H2,1H3,(H,19,20)/t10-,11+,13-,14+,15-/m0/s1. The van der Waals surface area contributed by atoms with Crippen LogP contribution in [0.5, 0.6) is 5.75 Å². The van der Waals surface area contributed by atoms with Gasteiger partial charge in [-0.3, -0.25) is 4.79 Å². The Bertz CT molecular complexity index is 794. The van der Waals surface area contributed by atoms with Crippen LogP contribution in [-0.2, 0) is 0 Å². The number of fused-ring (bicyclic) bond motifs is 6. The van der Waals surface area contributed by atoms with Crippen molar-refractivity contribution in [2.75, 3.05) is 7.11 Å². The quantitative estimate of drug-likeness (QED) is 0.891. The van der Waals surface area contributed by atoms with Gasteiger partial charge in [-0.15, -0.1) is 11.8 Å². The fourth-order valence-corrected chi connectivity index (χ4v) is 7.93. The van der Waals surface area contributed by atoms with E-state index in [0.29, 0.717) is 17.1 Å². The molecule has 2 bridgehead atoms. The van der Waals surface area contributed by atoms with E-state index in [-0.39, 0.29) is 4.87 Å². The third kappa shape index (κ3) is 2.06. The van der Waals surface area contributed by atoms with Gasteiger partial charge < -0.3 is 9.72 Å². The van der Waals surface area contributed by atoms with E-state index in [1.165, 1.54) is 41.0 Å². The van der Waals surface area contributed by atoms with E-state index in [0.717, 1.165) is 22.6 Å². The molecule has 120 valence electrons. The topological polar surface area (TPSA) is 42.1 Å². The van der Waals surface area contributed by atoms with Gasteiger partial charge >= 0.3 is 4.87 Å². The minimum Gasteiger partial charge on any atom is -0.497 e. The summed E-state index contributed by atoms with van der Waals surface area (Å²) in [6.07, 6.45) is 4.12. The van der Waals surface area contributed by atoms with Crippen LogP contribution in [-0.4, -0.2) is 17.3 Å². The van der Waals surface area contributed by atoms with Gasteiger partial charge in [-0.05, 0) is 54.7 Å². The van der Waals surface area contributed by atoms with Gasteiger partial charge in [0.25, 0.3) is 0 Å². The van der Waals surface area contributed by atoms with Gasteiger partial charge in [0.05, 0.1) is 12.1 Å². The molecule has 5 rings (SSSR count).